The van der Waals surface area contributed by atoms with Crippen LogP contribution in [0.3, 0.4) is 0 Å². The summed E-state index contributed by atoms with van der Waals surface area (Å²) < 4.78 is 15.5. The van der Waals surface area contributed by atoms with E-state index in [4.69, 9.17) is 10.8 Å². The van der Waals surface area contributed by atoms with Crippen molar-refractivity contribution in [1.29, 1.82) is 5.26 Å². The highest BCUT2D eigenvalue weighted by molar-refractivity contribution is 5.98. The maximum Gasteiger partial charge on any atom is 0.179 e. The number of rotatable bonds is 4. The Morgan fingerprint density at radius 2 is 1.97 bits per heavy atom. The van der Waals surface area contributed by atoms with Crippen molar-refractivity contribution in [2.75, 3.05) is 30.3 Å². The van der Waals surface area contributed by atoms with Gasteiger partial charge in [-0.05, 0) is 48.6 Å². The van der Waals surface area contributed by atoms with Crippen LogP contribution in [0.25, 0.3) is 22.3 Å². The van der Waals surface area contributed by atoms with Gasteiger partial charge in [0, 0.05) is 30.9 Å². The van der Waals surface area contributed by atoms with Crippen molar-refractivity contribution in [2.45, 2.75) is 31.8 Å². The number of nitrogens with two attached hydrogens (primary N) is 1. The molecule has 2 aromatic heterocycles. The molecule has 176 valence electrons. The highest BCUT2D eigenvalue weighted by atomic mass is 19.1. The van der Waals surface area contributed by atoms with E-state index < -0.39 is 0 Å². The van der Waals surface area contributed by atoms with Gasteiger partial charge in [0.25, 0.3) is 0 Å². The molecule has 1 fully saturated rings. The van der Waals surface area contributed by atoms with Crippen molar-refractivity contribution in [1.82, 2.24) is 24.6 Å². The second-order valence-corrected chi connectivity index (χ2v) is 9.23. The van der Waals surface area contributed by atoms with E-state index in [-0.39, 0.29) is 11.9 Å². The van der Waals surface area contributed by atoms with E-state index in [2.05, 4.69) is 45.3 Å². The van der Waals surface area contributed by atoms with E-state index in [0.29, 0.717) is 18.0 Å². The van der Waals surface area contributed by atoms with Crippen molar-refractivity contribution in [3.8, 4) is 17.5 Å². The normalized spacial score (nSPS) is 17.5. The van der Waals surface area contributed by atoms with Gasteiger partial charge in [0.15, 0.2) is 11.8 Å². The quantitative estimate of drug-likeness (QED) is 0.454. The Kier molecular flexibility index (Phi) is 5.21. The molecule has 2 aliphatic rings. The van der Waals surface area contributed by atoms with Crippen LogP contribution in [0.15, 0.2) is 48.8 Å². The maximum absolute atomic E-state index is 13.6. The van der Waals surface area contributed by atoms with Gasteiger partial charge >= 0.3 is 0 Å². The van der Waals surface area contributed by atoms with Crippen molar-refractivity contribution in [3.05, 3.63) is 65.7 Å². The van der Waals surface area contributed by atoms with E-state index in [1.165, 1.54) is 12.4 Å². The minimum Gasteiger partial charge on any atom is -0.383 e. The minimum absolute atomic E-state index is 0.0493. The number of nitrogen functional groups attached to an aromatic ring is 1. The Balaban J connectivity index is 1.31. The molecule has 2 aliphatic heterocycles. The molecule has 0 amide bonds. The first-order chi connectivity index (χ1) is 17.1. The fraction of sp³-hybridized carbons (Fsp3) is 0.308. The molecule has 2 aromatic carbocycles. The number of benzene rings is 2. The highest BCUT2D eigenvalue weighted by Crippen LogP contribution is 2.34. The lowest BCUT2D eigenvalue weighted by Gasteiger charge is -2.28. The lowest BCUT2D eigenvalue weighted by molar-refractivity contribution is 0.236. The summed E-state index contributed by atoms with van der Waals surface area (Å²) in [6.45, 7) is 3.01. The Labute approximate surface area is 202 Å². The summed E-state index contributed by atoms with van der Waals surface area (Å²) in [5.41, 5.74) is 12.0. The molecule has 1 saturated heterocycles. The standard InChI is InChI=1S/C26H25FN8/c27-20-7-8-22-19(12-20)9-11-34(22)13-17-3-5-18(6-4-17)24-23-25(29)30-16-31-26(23)35(32-24)21-2-1-10-33(14-21)15-28/h3-8,12,16,21H,1-2,9-11,13-14H2,(H2,29,30,31). The van der Waals surface area contributed by atoms with Gasteiger partial charge in [0.2, 0.25) is 0 Å². The molecule has 9 heteroatoms. The van der Waals surface area contributed by atoms with Gasteiger partial charge in [-0.3, -0.25) is 0 Å². The average molecular weight is 469 g/mol. The second-order valence-electron chi connectivity index (χ2n) is 9.23. The molecule has 4 heterocycles. The van der Waals surface area contributed by atoms with E-state index in [0.717, 1.165) is 72.4 Å². The molecule has 6 rings (SSSR count). The summed E-state index contributed by atoms with van der Waals surface area (Å²) in [6.07, 6.45) is 6.44. The number of piperidine rings is 1. The summed E-state index contributed by atoms with van der Waals surface area (Å²) in [6, 6.07) is 13.4. The van der Waals surface area contributed by atoms with Crippen LogP contribution in [0.1, 0.15) is 30.0 Å². The minimum atomic E-state index is -0.182. The number of halogens is 1. The van der Waals surface area contributed by atoms with Crippen molar-refractivity contribution < 1.29 is 4.39 Å². The molecule has 0 radical (unpaired) electrons. The van der Waals surface area contributed by atoms with Gasteiger partial charge in [-0.2, -0.15) is 10.4 Å². The number of aromatic nitrogens is 4. The molecule has 35 heavy (non-hydrogen) atoms. The molecular formula is C26H25FN8. The summed E-state index contributed by atoms with van der Waals surface area (Å²) in [7, 11) is 0. The zero-order chi connectivity index (χ0) is 23.9. The monoisotopic (exact) mass is 468 g/mol. The van der Waals surface area contributed by atoms with Crippen LogP contribution in [-0.2, 0) is 13.0 Å². The second kappa shape index (κ2) is 8.55. The number of likely N-dealkylation sites (tertiary alicyclic amines) is 1. The molecule has 0 spiro atoms. The third-order valence-electron chi connectivity index (χ3n) is 7.04. The van der Waals surface area contributed by atoms with Crippen LogP contribution in [0, 0.1) is 17.3 Å². The van der Waals surface area contributed by atoms with E-state index >= 15 is 0 Å². The number of fused-ring (bicyclic) bond motifs is 2. The highest BCUT2D eigenvalue weighted by Gasteiger charge is 2.26. The maximum atomic E-state index is 13.6. The molecule has 4 aromatic rings. The van der Waals surface area contributed by atoms with Crippen LogP contribution < -0.4 is 10.6 Å². The Morgan fingerprint density at radius 3 is 2.80 bits per heavy atom. The number of anilines is 2. The first kappa shape index (κ1) is 21.4. The number of nitriles is 1. The van der Waals surface area contributed by atoms with Gasteiger partial charge < -0.3 is 15.5 Å². The molecule has 1 atom stereocenters. The van der Waals surface area contributed by atoms with Crippen LogP contribution >= 0.6 is 0 Å². The Hall–Kier alpha value is -4.19. The number of nitrogens with zero attached hydrogens (tertiary/aromatic N) is 7. The third-order valence-corrected chi connectivity index (χ3v) is 7.04. The largest absolute Gasteiger partial charge is 0.383 e. The molecule has 0 aliphatic carbocycles. The van der Waals surface area contributed by atoms with Crippen LogP contribution in [0.2, 0.25) is 0 Å². The number of hydrogen-bond donors (Lipinski definition) is 1. The molecular weight excluding hydrogens is 443 g/mol. The molecule has 1 unspecified atom stereocenters. The van der Waals surface area contributed by atoms with E-state index in [1.54, 1.807) is 11.0 Å². The molecule has 0 saturated carbocycles. The summed E-state index contributed by atoms with van der Waals surface area (Å²) in [5, 5.41) is 15.0. The lowest BCUT2D eigenvalue weighted by atomic mass is 10.1. The third kappa shape index (κ3) is 3.81. The first-order valence-electron chi connectivity index (χ1n) is 11.9. The lowest BCUT2D eigenvalue weighted by Crippen LogP contribution is -2.33. The molecule has 2 N–H and O–H groups in total. The van der Waals surface area contributed by atoms with Crippen LogP contribution in [0.5, 0.6) is 0 Å². The van der Waals surface area contributed by atoms with Crippen LogP contribution in [-0.4, -0.2) is 44.3 Å². The fourth-order valence-electron chi connectivity index (χ4n) is 5.29. The van der Waals surface area contributed by atoms with Gasteiger partial charge in [-0.15, -0.1) is 0 Å². The molecule has 8 nitrogen and oxygen atoms in total. The zero-order valence-electron chi connectivity index (χ0n) is 19.2. The summed E-state index contributed by atoms with van der Waals surface area (Å²) >= 11 is 0. The Bertz CT molecular complexity index is 1440. The first-order valence-corrected chi connectivity index (χ1v) is 11.9. The predicted molar refractivity (Wildman–Crippen MR) is 132 cm³/mol. The smallest absolute Gasteiger partial charge is 0.179 e. The van der Waals surface area contributed by atoms with Gasteiger partial charge in [-0.1, -0.05) is 24.3 Å². The predicted octanol–water partition coefficient (Wildman–Crippen LogP) is 3.90. The van der Waals surface area contributed by atoms with E-state index in [1.807, 2.05) is 10.7 Å². The van der Waals surface area contributed by atoms with Gasteiger partial charge in [0.05, 0.1) is 18.0 Å². The summed E-state index contributed by atoms with van der Waals surface area (Å²) in [4.78, 5) is 12.8. The van der Waals surface area contributed by atoms with Gasteiger partial charge in [0.1, 0.15) is 23.7 Å². The average Bonchev–Trinajstić information content (AvgIpc) is 3.47. The van der Waals surface area contributed by atoms with Gasteiger partial charge in [-0.25, -0.2) is 19.0 Å². The zero-order valence-corrected chi connectivity index (χ0v) is 19.2. The molecule has 0 bridgehead atoms. The fourth-order valence-corrected chi connectivity index (χ4v) is 5.29. The van der Waals surface area contributed by atoms with Crippen molar-refractivity contribution in [3.63, 3.8) is 0 Å². The number of hydrogen-bond acceptors (Lipinski definition) is 7. The summed E-state index contributed by atoms with van der Waals surface area (Å²) in [5.74, 6) is 0.215. The van der Waals surface area contributed by atoms with E-state index in [9.17, 15) is 9.65 Å². The SMILES string of the molecule is N#CN1CCCC(n2nc(-c3ccc(CN4CCc5cc(F)ccc54)cc3)c3c(N)ncnc32)C1. The van der Waals surface area contributed by atoms with Crippen molar-refractivity contribution >= 4 is 22.5 Å². The van der Waals surface area contributed by atoms with Crippen LogP contribution in [0.4, 0.5) is 15.9 Å². The van der Waals surface area contributed by atoms with Crippen molar-refractivity contribution in [2.24, 2.45) is 0 Å². The Morgan fingerprint density at radius 1 is 1.11 bits per heavy atom. The topological polar surface area (TPSA) is 99.9 Å².